The van der Waals surface area contributed by atoms with Crippen molar-refractivity contribution in [3.05, 3.63) is 72.1 Å². The summed E-state index contributed by atoms with van der Waals surface area (Å²) >= 11 is 0. The van der Waals surface area contributed by atoms with Crippen molar-refractivity contribution in [1.82, 2.24) is 20.0 Å². The highest BCUT2D eigenvalue weighted by Crippen LogP contribution is 2.19. The topological polar surface area (TPSA) is 69.6 Å². The molecular formula is C14H12FN5. The fourth-order valence-corrected chi connectivity index (χ4v) is 1.90. The minimum atomic E-state index is -0.671. The minimum Gasteiger partial charge on any atom is -0.319 e. The number of hydrogen-bond donors (Lipinski definition) is 1. The number of rotatable bonds is 3. The molecule has 0 radical (unpaired) electrons. The zero-order chi connectivity index (χ0) is 13.9. The van der Waals surface area contributed by atoms with Crippen molar-refractivity contribution in [2.75, 3.05) is 0 Å². The van der Waals surface area contributed by atoms with E-state index in [0.29, 0.717) is 11.3 Å². The van der Waals surface area contributed by atoms with Crippen LogP contribution < -0.4 is 5.73 Å². The van der Waals surface area contributed by atoms with Gasteiger partial charge in [-0.25, -0.2) is 4.39 Å². The number of hydrogen-bond acceptors (Lipinski definition) is 4. The molecule has 2 aromatic heterocycles. The lowest BCUT2D eigenvalue weighted by Gasteiger charge is -2.08. The minimum absolute atomic E-state index is 0.347. The molecule has 100 valence electrons. The lowest BCUT2D eigenvalue weighted by molar-refractivity contribution is 0.589. The summed E-state index contributed by atoms with van der Waals surface area (Å²) in [6.07, 6.45) is 4.17. The highest BCUT2D eigenvalue weighted by molar-refractivity contribution is 5.30. The molecule has 1 aromatic carbocycles. The van der Waals surface area contributed by atoms with Crippen LogP contribution in [0.2, 0.25) is 0 Å². The van der Waals surface area contributed by atoms with Crippen LogP contribution in [0.15, 0.2) is 55.0 Å². The molecule has 6 heteroatoms. The summed E-state index contributed by atoms with van der Waals surface area (Å²) in [5.41, 5.74) is 7.69. The van der Waals surface area contributed by atoms with Crippen LogP contribution in [0.1, 0.15) is 17.3 Å². The van der Waals surface area contributed by atoms with Crippen molar-refractivity contribution >= 4 is 0 Å². The zero-order valence-electron chi connectivity index (χ0n) is 10.5. The van der Waals surface area contributed by atoms with Crippen molar-refractivity contribution in [2.24, 2.45) is 5.73 Å². The van der Waals surface area contributed by atoms with Crippen molar-refractivity contribution < 1.29 is 4.39 Å². The fourth-order valence-electron chi connectivity index (χ4n) is 1.90. The molecule has 1 unspecified atom stereocenters. The molecule has 5 nitrogen and oxygen atoms in total. The lowest BCUT2D eigenvalue weighted by atomic mass is 10.1. The predicted molar refractivity (Wildman–Crippen MR) is 71.6 cm³/mol. The number of nitrogens with two attached hydrogens (primary N) is 1. The fraction of sp³-hybridized carbons (Fsp3) is 0.0714. The zero-order valence-corrected chi connectivity index (χ0v) is 10.5. The molecule has 0 aliphatic rings. The van der Waals surface area contributed by atoms with Gasteiger partial charge in [-0.1, -0.05) is 18.2 Å². The molecule has 0 aliphatic heterocycles. The first-order valence-corrected chi connectivity index (χ1v) is 6.08. The van der Waals surface area contributed by atoms with Crippen LogP contribution in [0.3, 0.4) is 0 Å². The smallest absolute Gasteiger partial charge is 0.146 e. The molecule has 0 amide bonds. The van der Waals surface area contributed by atoms with Crippen molar-refractivity contribution in [3.8, 4) is 5.69 Å². The molecule has 3 aromatic rings. The van der Waals surface area contributed by atoms with E-state index in [1.165, 1.54) is 17.2 Å². The number of nitrogens with zero attached hydrogens (tertiary/aromatic N) is 4. The molecule has 1 atom stereocenters. The average Bonchev–Trinajstić information content (AvgIpc) is 2.98. The Balaban J connectivity index is 1.93. The molecule has 0 spiro atoms. The summed E-state index contributed by atoms with van der Waals surface area (Å²) in [6, 6.07) is 10.3. The standard InChI is InChI=1S/C14H12FN5/c15-12-8-17-7-6-11(12)14(16)13-9-18-20(19-13)10-4-2-1-3-5-10/h1-9,14H,16H2. The van der Waals surface area contributed by atoms with Gasteiger partial charge in [0.25, 0.3) is 0 Å². The average molecular weight is 269 g/mol. The third-order valence-electron chi connectivity index (χ3n) is 2.95. The van der Waals surface area contributed by atoms with Crippen LogP contribution in [-0.4, -0.2) is 20.0 Å². The van der Waals surface area contributed by atoms with Crippen molar-refractivity contribution in [1.29, 1.82) is 0 Å². The Labute approximate surface area is 114 Å². The van der Waals surface area contributed by atoms with Gasteiger partial charge in [-0.05, 0) is 18.2 Å². The lowest BCUT2D eigenvalue weighted by Crippen LogP contribution is -2.15. The monoisotopic (exact) mass is 269 g/mol. The SMILES string of the molecule is NC(c1cnn(-c2ccccc2)n1)c1ccncc1F. The van der Waals surface area contributed by atoms with E-state index in [1.54, 1.807) is 6.07 Å². The van der Waals surface area contributed by atoms with E-state index in [-0.39, 0.29) is 0 Å². The largest absolute Gasteiger partial charge is 0.319 e. The van der Waals surface area contributed by atoms with E-state index >= 15 is 0 Å². The van der Waals surface area contributed by atoms with Gasteiger partial charge in [-0.15, -0.1) is 0 Å². The Hall–Kier alpha value is -2.60. The summed E-state index contributed by atoms with van der Waals surface area (Å²) in [4.78, 5) is 5.17. The number of pyridine rings is 1. The van der Waals surface area contributed by atoms with Gasteiger partial charge in [0.2, 0.25) is 0 Å². The number of aromatic nitrogens is 4. The Morgan fingerprint density at radius 1 is 1.10 bits per heavy atom. The van der Waals surface area contributed by atoms with E-state index in [0.717, 1.165) is 11.9 Å². The highest BCUT2D eigenvalue weighted by Gasteiger charge is 2.17. The molecule has 2 heterocycles. The second-order valence-electron chi connectivity index (χ2n) is 4.27. The van der Waals surface area contributed by atoms with Crippen LogP contribution in [-0.2, 0) is 0 Å². The summed E-state index contributed by atoms with van der Waals surface area (Å²) in [7, 11) is 0. The molecule has 0 bridgehead atoms. The summed E-state index contributed by atoms with van der Waals surface area (Å²) in [5.74, 6) is -0.450. The maximum Gasteiger partial charge on any atom is 0.146 e. The Kier molecular flexibility index (Phi) is 3.22. The van der Waals surface area contributed by atoms with E-state index in [4.69, 9.17) is 5.73 Å². The molecule has 3 rings (SSSR count). The molecule has 2 N–H and O–H groups in total. The van der Waals surface area contributed by atoms with Gasteiger partial charge in [0, 0.05) is 11.8 Å². The number of benzene rings is 1. The first kappa shape index (κ1) is 12.4. The Bertz CT molecular complexity index is 710. The first-order valence-electron chi connectivity index (χ1n) is 6.08. The van der Waals surface area contributed by atoms with Crippen LogP contribution in [0.5, 0.6) is 0 Å². The maximum atomic E-state index is 13.7. The molecular weight excluding hydrogens is 257 g/mol. The molecule has 0 saturated carbocycles. The van der Waals surface area contributed by atoms with Crippen LogP contribution in [0.25, 0.3) is 5.69 Å². The quantitative estimate of drug-likeness (QED) is 0.787. The van der Waals surface area contributed by atoms with Crippen molar-refractivity contribution in [3.63, 3.8) is 0 Å². The van der Waals surface area contributed by atoms with Crippen LogP contribution in [0, 0.1) is 5.82 Å². The Morgan fingerprint density at radius 2 is 1.90 bits per heavy atom. The van der Waals surface area contributed by atoms with E-state index in [2.05, 4.69) is 15.2 Å². The van der Waals surface area contributed by atoms with Gasteiger partial charge >= 0.3 is 0 Å². The third-order valence-corrected chi connectivity index (χ3v) is 2.95. The number of para-hydroxylation sites is 1. The second kappa shape index (κ2) is 5.18. The molecule has 0 aliphatic carbocycles. The molecule has 20 heavy (non-hydrogen) atoms. The van der Waals surface area contributed by atoms with Gasteiger partial charge < -0.3 is 5.73 Å². The van der Waals surface area contributed by atoms with E-state index < -0.39 is 11.9 Å². The van der Waals surface area contributed by atoms with Crippen LogP contribution in [0.4, 0.5) is 4.39 Å². The second-order valence-corrected chi connectivity index (χ2v) is 4.27. The molecule has 0 saturated heterocycles. The van der Waals surface area contributed by atoms with Gasteiger partial charge in [0.1, 0.15) is 11.5 Å². The summed E-state index contributed by atoms with van der Waals surface area (Å²) < 4.78 is 13.7. The van der Waals surface area contributed by atoms with E-state index in [1.807, 2.05) is 30.3 Å². The highest BCUT2D eigenvalue weighted by atomic mass is 19.1. The third kappa shape index (κ3) is 2.28. The summed E-state index contributed by atoms with van der Waals surface area (Å²) in [5, 5.41) is 8.44. The van der Waals surface area contributed by atoms with E-state index in [9.17, 15) is 4.39 Å². The van der Waals surface area contributed by atoms with Gasteiger partial charge in [-0.2, -0.15) is 15.0 Å². The maximum absolute atomic E-state index is 13.7. The summed E-state index contributed by atoms with van der Waals surface area (Å²) in [6.45, 7) is 0. The van der Waals surface area contributed by atoms with Crippen molar-refractivity contribution in [2.45, 2.75) is 6.04 Å². The van der Waals surface area contributed by atoms with Crippen LogP contribution >= 0.6 is 0 Å². The number of halogens is 1. The van der Waals surface area contributed by atoms with Gasteiger partial charge in [-0.3, -0.25) is 4.98 Å². The normalized spacial score (nSPS) is 12.3. The first-order chi connectivity index (χ1) is 9.75. The predicted octanol–water partition coefficient (Wildman–Crippen LogP) is 1.85. The van der Waals surface area contributed by atoms with Gasteiger partial charge in [0.15, 0.2) is 0 Å². The molecule has 0 fully saturated rings. The van der Waals surface area contributed by atoms with Gasteiger partial charge in [0.05, 0.1) is 24.1 Å². The Morgan fingerprint density at radius 3 is 2.65 bits per heavy atom.